The van der Waals surface area contributed by atoms with E-state index in [2.05, 4.69) is 0 Å². The summed E-state index contributed by atoms with van der Waals surface area (Å²) in [6, 6.07) is 0. The van der Waals surface area contributed by atoms with Gasteiger partial charge in [0.1, 0.15) is 12.7 Å². The topological polar surface area (TPSA) is 116 Å². The van der Waals surface area contributed by atoms with Crippen LogP contribution in [0.1, 0.15) is 41.5 Å². The fourth-order valence-corrected chi connectivity index (χ4v) is 3.06. The van der Waals surface area contributed by atoms with Crippen molar-refractivity contribution in [3.8, 4) is 0 Å². The van der Waals surface area contributed by atoms with Crippen molar-refractivity contribution >= 4 is 17.9 Å². The largest absolute Gasteiger partial charge is 0.463 e. The number of hydrogen-bond acceptors (Lipinski definition) is 10. The Labute approximate surface area is 157 Å². The van der Waals surface area contributed by atoms with Gasteiger partial charge in [-0.3, -0.25) is 19.1 Å². The first-order valence-corrected chi connectivity index (χ1v) is 8.67. The summed E-state index contributed by atoms with van der Waals surface area (Å²) in [5.74, 6) is -3.21. The maximum absolute atomic E-state index is 11.6. The van der Waals surface area contributed by atoms with Gasteiger partial charge in [0, 0.05) is 27.7 Å². The van der Waals surface area contributed by atoms with E-state index in [0.717, 1.165) is 0 Å². The molecular formula is C17H26O10. The maximum Gasteiger partial charge on any atom is 0.303 e. The summed E-state index contributed by atoms with van der Waals surface area (Å²) in [6.45, 7) is 8.60. The Kier molecular flexibility index (Phi) is 6.79. The van der Waals surface area contributed by atoms with Crippen LogP contribution in [0.25, 0.3) is 0 Å². The van der Waals surface area contributed by atoms with Crippen LogP contribution in [0.3, 0.4) is 0 Å². The Bertz CT molecular complexity index is 576. The molecule has 154 valence electrons. The van der Waals surface area contributed by atoms with E-state index >= 15 is 0 Å². The highest BCUT2D eigenvalue weighted by Gasteiger charge is 2.59. The molecule has 0 aromatic heterocycles. The minimum Gasteiger partial charge on any atom is -0.463 e. The monoisotopic (exact) mass is 390 g/mol. The van der Waals surface area contributed by atoms with Crippen molar-refractivity contribution in [1.82, 2.24) is 0 Å². The van der Waals surface area contributed by atoms with Crippen LogP contribution in [0.15, 0.2) is 0 Å². The van der Waals surface area contributed by atoms with Crippen molar-refractivity contribution in [2.45, 2.75) is 84.3 Å². The predicted molar refractivity (Wildman–Crippen MR) is 87.0 cm³/mol. The summed E-state index contributed by atoms with van der Waals surface area (Å²) >= 11 is 0. The normalized spacial score (nSPS) is 35.4. The molecule has 0 N–H and O–H groups in total. The van der Waals surface area contributed by atoms with Crippen molar-refractivity contribution < 1.29 is 47.5 Å². The SMILES string of the molecule is CC(=O)OC[C@@H]1O[C@@H]2O[C@@](C)(OC(C)C)O[C@H]2[C@H](OC(C)=O)[C@@H]1OC(C)=O. The lowest BCUT2D eigenvalue weighted by Gasteiger charge is -2.40. The van der Waals surface area contributed by atoms with E-state index in [1.54, 1.807) is 20.8 Å². The summed E-state index contributed by atoms with van der Waals surface area (Å²) < 4.78 is 38.6. The summed E-state index contributed by atoms with van der Waals surface area (Å²) in [4.78, 5) is 34.4. The smallest absolute Gasteiger partial charge is 0.303 e. The fourth-order valence-electron chi connectivity index (χ4n) is 3.06. The molecule has 0 aromatic carbocycles. The molecule has 2 aliphatic rings. The van der Waals surface area contributed by atoms with Crippen molar-refractivity contribution in [3.63, 3.8) is 0 Å². The summed E-state index contributed by atoms with van der Waals surface area (Å²) in [6.07, 6.45) is -5.13. The highest BCUT2D eigenvalue weighted by molar-refractivity contribution is 5.67. The van der Waals surface area contributed by atoms with E-state index < -0.39 is 54.6 Å². The average Bonchev–Trinajstić information content (AvgIpc) is 2.81. The zero-order chi connectivity index (χ0) is 20.4. The third kappa shape index (κ3) is 5.61. The van der Waals surface area contributed by atoms with Gasteiger partial charge >= 0.3 is 17.9 Å². The van der Waals surface area contributed by atoms with Gasteiger partial charge in [-0.1, -0.05) is 0 Å². The summed E-state index contributed by atoms with van der Waals surface area (Å²) in [5.41, 5.74) is 0. The van der Waals surface area contributed by atoms with Gasteiger partial charge in [0.25, 0.3) is 5.97 Å². The first kappa shape index (κ1) is 21.5. The van der Waals surface area contributed by atoms with Gasteiger partial charge in [0.2, 0.25) is 0 Å². The quantitative estimate of drug-likeness (QED) is 0.473. The maximum atomic E-state index is 11.6. The molecule has 0 unspecified atom stereocenters. The number of esters is 3. The van der Waals surface area contributed by atoms with Crippen molar-refractivity contribution in [3.05, 3.63) is 0 Å². The van der Waals surface area contributed by atoms with E-state index in [-0.39, 0.29) is 12.7 Å². The van der Waals surface area contributed by atoms with Crippen LogP contribution >= 0.6 is 0 Å². The van der Waals surface area contributed by atoms with E-state index in [0.29, 0.717) is 0 Å². The van der Waals surface area contributed by atoms with Crippen LogP contribution in [0.2, 0.25) is 0 Å². The second-order valence-electron chi connectivity index (χ2n) is 6.72. The van der Waals surface area contributed by atoms with E-state index in [1.165, 1.54) is 20.8 Å². The van der Waals surface area contributed by atoms with Gasteiger partial charge in [0.05, 0.1) is 6.10 Å². The highest BCUT2D eigenvalue weighted by atomic mass is 16.9. The van der Waals surface area contributed by atoms with Gasteiger partial charge in [-0.05, 0) is 13.8 Å². The molecule has 0 bridgehead atoms. The van der Waals surface area contributed by atoms with Gasteiger partial charge in [-0.2, -0.15) is 0 Å². The minimum atomic E-state index is -1.45. The number of hydrogen-bond donors (Lipinski definition) is 0. The lowest BCUT2D eigenvalue weighted by atomic mass is 9.98. The Morgan fingerprint density at radius 3 is 2.07 bits per heavy atom. The molecule has 10 heteroatoms. The van der Waals surface area contributed by atoms with E-state index in [9.17, 15) is 14.4 Å². The Morgan fingerprint density at radius 1 is 0.963 bits per heavy atom. The molecule has 2 fully saturated rings. The zero-order valence-electron chi connectivity index (χ0n) is 16.3. The fraction of sp³-hybridized carbons (Fsp3) is 0.824. The second-order valence-corrected chi connectivity index (χ2v) is 6.72. The third-order valence-electron chi connectivity index (χ3n) is 3.78. The molecule has 27 heavy (non-hydrogen) atoms. The molecule has 2 heterocycles. The lowest BCUT2D eigenvalue weighted by molar-refractivity contribution is -0.355. The molecule has 0 aromatic rings. The lowest BCUT2D eigenvalue weighted by Crippen LogP contribution is -2.60. The molecule has 10 nitrogen and oxygen atoms in total. The van der Waals surface area contributed by atoms with Crippen LogP contribution in [-0.2, 0) is 47.5 Å². The average molecular weight is 390 g/mol. The highest BCUT2D eigenvalue weighted by Crippen LogP contribution is 2.40. The Balaban J connectivity index is 2.30. The van der Waals surface area contributed by atoms with E-state index in [1.807, 2.05) is 0 Å². The number of carbonyl (C=O) groups excluding carboxylic acids is 3. The molecule has 0 spiro atoms. The Hall–Kier alpha value is -1.75. The van der Waals surface area contributed by atoms with Gasteiger partial charge < -0.3 is 28.4 Å². The van der Waals surface area contributed by atoms with Gasteiger partial charge in [-0.25, -0.2) is 0 Å². The third-order valence-corrected chi connectivity index (χ3v) is 3.78. The molecule has 0 radical (unpaired) electrons. The summed E-state index contributed by atoms with van der Waals surface area (Å²) in [7, 11) is 0. The number of carbonyl (C=O) groups is 3. The first-order valence-electron chi connectivity index (χ1n) is 8.67. The molecule has 0 aliphatic carbocycles. The molecule has 2 saturated heterocycles. The van der Waals surface area contributed by atoms with Crippen LogP contribution in [-0.4, -0.2) is 67.3 Å². The predicted octanol–water partition coefficient (Wildman–Crippen LogP) is 0.652. The van der Waals surface area contributed by atoms with Crippen LogP contribution < -0.4 is 0 Å². The molecule has 6 atom stereocenters. The van der Waals surface area contributed by atoms with Crippen molar-refractivity contribution in [1.29, 1.82) is 0 Å². The van der Waals surface area contributed by atoms with Crippen LogP contribution in [0, 0.1) is 0 Å². The van der Waals surface area contributed by atoms with E-state index in [4.69, 9.17) is 33.2 Å². The zero-order valence-corrected chi connectivity index (χ0v) is 16.3. The van der Waals surface area contributed by atoms with Gasteiger partial charge in [0.15, 0.2) is 24.6 Å². The van der Waals surface area contributed by atoms with Crippen molar-refractivity contribution in [2.24, 2.45) is 0 Å². The Morgan fingerprint density at radius 2 is 1.56 bits per heavy atom. The van der Waals surface area contributed by atoms with Crippen LogP contribution in [0.5, 0.6) is 0 Å². The minimum absolute atomic E-state index is 0.219. The van der Waals surface area contributed by atoms with Crippen molar-refractivity contribution in [2.75, 3.05) is 6.61 Å². The molecule has 2 rings (SSSR count). The standard InChI is InChI=1S/C17H26O10/c1-8(2)25-17(6)26-15-14(23-11(5)20)13(22-10(4)19)12(7-21-9(3)18)24-16(15)27-17/h8,12-16H,7H2,1-6H3/t12-,13+,14+,15-,16+,17-/m0/s1. The van der Waals surface area contributed by atoms with Crippen LogP contribution in [0.4, 0.5) is 0 Å². The number of rotatable bonds is 6. The molecule has 0 amide bonds. The molecule has 0 saturated carbocycles. The number of ether oxygens (including phenoxy) is 7. The van der Waals surface area contributed by atoms with Gasteiger partial charge in [-0.15, -0.1) is 0 Å². The second kappa shape index (κ2) is 8.51. The first-order chi connectivity index (χ1) is 12.5. The summed E-state index contributed by atoms with van der Waals surface area (Å²) in [5, 5.41) is 0. The molecule has 2 aliphatic heterocycles. The molecular weight excluding hydrogens is 364 g/mol. The number of fused-ring (bicyclic) bond motifs is 1.